The molecule has 0 saturated carbocycles. The van der Waals surface area contributed by atoms with E-state index in [1.165, 1.54) is 12.7 Å². The number of nitrogens with one attached hydrogen (secondary N) is 2. The van der Waals surface area contributed by atoms with Crippen LogP contribution < -0.4 is 12.3 Å². The molecule has 10 heteroatoms. The van der Waals surface area contributed by atoms with Gasteiger partial charge in [0.2, 0.25) is 0 Å². The number of nitrogens with zero attached hydrogens (tertiary/aromatic N) is 6. The van der Waals surface area contributed by atoms with Gasteiger partial charge in [-0.3, -0.25) is 0 Å². The Kier molecular flexibility index (Phi) is 9.60. The maximum atomic E-state index is 3.38. The van der Waals surface area contributed by atoms with E-state index in [2.05, 4.69) is 41.2 Å². The molecule has 2 aromatic heterocycles. The summed E-state index contributed by atoms with van der Waals surface area (Å²) >= 11 is 0. The van der Waals surface area contributed by atoms with Crippen molar-refractivity contribution >= 4 is 0 Å². The van der Waals surface area contributed by atoms with E-state index in [9.17, 15) is 0 Å². The number of aromatic amines is 2. The molecule has 2 heterocycles. The van der Waals surface area contributed by atoms with E-state index in [-0.39, 0.29) is 12.3 Å². The minimum Gasteiger partial charge on any atom is -0.344 e. The summed E-state index contributed by atoms with van der Waals surface area (Å²) in [5.41, 5.74) is 0. The first-order valence-electron chi connectivity index (χ1n) is 2.33. The first-order valence-corrected chi connectivity index (χ1v) is 2.33. The standard InChI is InChI=1S/2CH2N4.2H3N/c2*1-2-4-5-3-1;;/h2*1H,(H,2,3,4,5);2*1H3. The summed E-state index contributed by atoms with van der Waals surface area (Å²) in [4.78, 5) is 0. The van der Waals surface area contributed by atoms with E-state index in [1.54, 1.807) is 0 Å². The number of hydrogen-bond acceptors (Lipinski definition) is 8. The van der Waals surface area contributed by atoms with Crippen LogP contribution in [0, 0.1) is 0 Å². The highest BCUT2D eigenvalue weighted by atomic mass is 15.5. The van der Waals surface area contributed by atoms with Crippen LogP contribution in [-0.2, 0) is 0 Å². The van der Waals surface area contributed by atoms with Gasteiger partial charge in [0, 0.05) is 0 Å². The van der Waals surface area contributed by atoms with Gasteiger partial charge in [0.25, 0.3) is 0 Å². The largest absolute Gasteiger partial charge is 0.344 e. The van der Waals surface area contributed by atoms with Crippen LogP contribution in [0.3, 0.4) is 0 Å². The highest BCUT2D eigenvalue weighted by molar-refractivity contribution is 4.25. The van der Waals surface area contributed by atoms with Gasteiger partial charge in [-0.05, 0) is 0 Å². The maximum Gasteiger partial charge on any atom is 0.161 e. The third-order valence-corrected chi connectivity index (χ3v) is 0.539. The Morgan fingerprint density at radius 3 is 1.25 bits per heavy atom. The van der Waals surface area contributed by atoms with Gasteiger partial charge in [-0.1, -0.05) is 10.4 Å². The van der Waals surface area contributed by atoms with Crippen LogP contribution in [0.5, 0.6) is 0 Å². The molecular weight excluding hydrogens is 164 g/mol. The third kappa shape index (κ3) is 6.18. The summed E-state index contributed by atoms with van der Waals surface area (Å²) in [6.45, 7) is 0. The molecule has 2 rings (SSSR count). The predicted molar refractivity (Wildman–Crippen MR) is 38.4 cm³/mol. The van der Waals surface area contributed by atoms with Crippen molar-refractivity contribution in [1.29, 1.82) is 0 Å². The molecule has 0 bridgehead atoms. The van der Waals surface area contributed by atoms with Crippen molar-refractivity contribution in [3.63, 3.8) is 0 Å². The minimum absolute atomic E-state index is 0. The molecule has 68 valence electrons. The van der Waals surface area contributed by atoms with Crippen molar-refractivity contribution in [3.05, 3.63) is 12.7 Å². The van der Waals surface area contributed by atoms with Gasteiger partial charge in [-0.2, -0.15) is 10.4 Å². The molecule has 0 aromatic carbocycles. The van der Waals surface area contributed by atoms with E-state index in [4.69, 9.17) is 0 Å². The van der Waals surface area contributed by atoms with E-state index in [0.717, 1.165) is 0 Å². The third-order valence-electron chi connectivity index (χ3n) is 0.539. The Morgan fingerprint density at radius 2 is 1.17 bits per heavy atom. The second-order valence-electron chi connectivity index (χ2n) is 1.12. The fraction of sp³-hybridized carbons (Fsp3) is 0. The Balaban J connectivity index is 0. The first-order chi connectivity index (χ1) is 5.00. The van der Waals surface area contributed by atoms with Crippen LogP contribution in [0.4, 0.5) is 0 Å². The van der Waals surface area contributed by atoms with Crippen molar-refractivity contribution < 1.29 is 0 Å². The van der Waals surface area contributed by atoms with Crippen LogP contribution in [0.2, 0.25) is 0 Å². The summed E-state index contributed by atoms with van der Waals surface area (Å²) in [6, 6.07) is 0. The van der Waals surface area contributed by atoms with E-state index in [1.807, 2.05) is 0 Å². The first kappa shape index (κ1) is 12.7. The summed E-state index contributed by atoms with van der Waals surface area (Å²) in [5.74, 6) is 0. The lowest BCUT2D eigenvalue weighted by Gasteiger charge is -1.44. The second-order valence-corrected chi connectivity index (χ2v) is 1.12. The molecule has 0 aliphatic heterocycles. The molecule has 2 aromatic rings. The number of rotatable bonds is 0. The molecule has 0 atom stereocenters. The Hall–Kier alpha value is -1.94. The zero-order valence-corrected chi connectivity index (χ0v) is 6.25. The van der Waals surface area contributed by atoms with Gasteiger partial charge >= 0.3 is 0 Å². The minimum atomic E-state index is 0. The molecule has 0 unspecified atom stereocenters. The van der Waals surface area contributed by atoms with Crippen molar-refractivity contribution in [1.82, 2.24) is 53.5 Å². The number of H-pyrrole nitrogens is 2. The fourth-order valence-electron chi connectivity index (χ4n) is 0.258. The van der Waals surface area contributed by atoms with Gasteiger partial charge in [-0.15, -0.1) is 20.4 Å². The van der Waals surface area contributed by atoms with Gasteiger partial charge < -0.3 is 12.3 Å². The quantitative estimate of drug-likeness (QED) is 0.381. The molecule has 0 saturated heterocycles. The molecule has 0 radical (unpaired) electrons. The number of aromatic nitrogens is 8. The van der Waals surface area contributed by atoms with Crippen LogP contribution in [-0.4, -0.2) is 41.2 Å². The Labute approximate surface area is 67.3 Å². The highest BCUT2D eigenvalue weighted by Gasteiger charge is 1.58. The molecule has 10 nitrogen and oxygen atoms in total. The molecule has 0 fully saturated rings. The van der Waals surface area contributed by atoms with Crippen molar-refractivity contribution in [3.8, 4) is 0 Å². The molecule has 0 aliphatic carbocycles. The summed E-state index contributed by atoms with van der Waals surface area (Å²) in [6.07, 6.45) is 2.67. The van der Waals surface area contributed by atoms with Crippen molar-refractivity contribution in [2.24, 2.45) is 0 Å². The molecule has 0 amide bonds. The van der Waals surface area contributed by atoms with Crippen LogP contribution in [0.1, 0.15) is 0 Å². The smallest absolute Gasteiger partial charge is 0.161 e. The Bertz CT molecular complexity index is 147. The van der Waals surface area contributed by atoms with Crippen LogP contribution >= 0.6 is 0 Å². The predicted octanol–water partition coefficient (Wildman–Crippen LogP) is -1.28. The monoisotopic (exact) mass is 174 g/mol. The number of hydrogen-bond donors (Lipinski definition) is 4. The van der Waals surface area contributed by atoms with E-state index in [0.29, 0.717) is 0 Å². The van der Waals surface area contributed by atoms with Crippen molar-refractivity contribution in [2.75, 3.05) is 0 Å². The summed E-state index contributed by atoms with van der Waals surface area (Å²) in [5, 5.41) is 24.3. The lowest BCUT2D eigenvalue weighted by atomic mass is 11.4. The molecule has 0 spiro atoms. The van der Waals surface area contributed by atoms with Gasteiger partial charge in [-0.25, -0.2) is 0 Å². The summed E-state index contributed by atoms with van der Waals surface area (Å²) < 4.78 is 0. The van der Waals surface area contributed by atoms with Gasteiger partial charge in [0.15, 0.2) is 12.7 Å². The molecule has 8 N–H and O–H groups in total. The topological polar surface area (TPSA) is 179 Å². The SMILES string of the molecule is N.N.c1nn[nH]n1.c1nn[nH]n1. The molecule has 0 aliphatic rings. The molecule has 12 heavy (non-hydrogen) atoms. The zero-order valence-electron chi connectivity index (χ0n) is 6.25. The fourth-order valence-corrected chi connectivity index (χ4v) is 0.258. The zero-order chi connectivity index (χ0) is 7.07. The average molecular weight is 174 g/mol. The maximum absolute atomic E-state index is 3.38. The van der Waals surface area contributed by atoms with Crippen LogP contribution in [0.25, 0.3) is 0 Å². The number of tetrazole rings is 2. The summed E-state index contributed by atoms with van der Waals surface area (Å²) in [7, 11) is 0. The lowest BCUT2D eigenvalue weighted by Crippen LogP contribution is -1.64. The molecular formula is C2H10N10. The van der Waals surface area contributed by atoms with Crippen LogP contribution in [0.15, 0.2) is 12.7 Å². The van der Waals surface area contributed by atoms with E-state index < -0.39 is 0 Å². The lowest BCUT2D eigenvalue weighted by molar-refractivity contribution is 0.881. The van der Waals surface area contributed by atoms with Gasteiger partial charge in [0.1, 0.15) is 0 Å². The normalized spacial score (nSPS) is 6.67. The Morgan fingerprint density at radius 1 is 0.750 bits per heavy atom. The highest BCUT2D eigenvalue weighted by Crippen LogP contribution is 1.44. The van der Waals surface area contributed by atoms with E-state index >= 15 is 0 Å². The van der Waals surface area contributed by atoms with Gasteiger partial charge in [0.05, 0.1) is 0 Å². The van der Waals surface area contributed by atoms with Crippen molar-refractivity contribution in [2.45, 2.75) is 0 Å². The second kappa shape index (κ2) is 9.06. The average Bonchev–Trinajstić information content (AvgIpc) is 2.67.